The van der Waals surface area contributed by atoms with Crippen molar-refractivity contribution in [3.63, 3.8) is 0 Å². The highest BCUT2D eigenvalue weighted by Crippen LogP contribution is 2.15. The summed E-state index contributed by atoms with van der Waals surface area (Å²) in [6.07, 6.45) is 0. The van der Waals surface area contributed by atoms with Gasteiger partial charge in [0.2, 0.25) is 5.28 Å². The number of hydrogen-bond donors (Lipinski definition) is 1. The van der Waals surface area contributed by atoms with Crippen LogP contribution in [-0.2, 0) is 11.3 Å². The van der Waals surface area contributed by atoms with E-state index in [1.165, 1.54) is 19.2 Å². The van der Waals surface area contributed by atoms with Crippen molar-refractivity contribution < 1.29 is 14.1 Å². The highest BCUT2D eigenvalue weighted by atomic mass is 35.5. The summed E-state index contributed by atoms with van der Waals surface area (Å²) in [4.78, 5) is 19.3. The van der Waals surface area contributed by atoms with Gasteiger partial charge in [0.25, 0.3) is 5.91 Å². The van der Waals surface area contributed by atoms with E-state index in [0.717, 1.165) is 0 Å². The largest absolute Gasteiger partial charge is 0.377 e. The first-order valence-corrected chi connectivity index (χ1v) is 5.80. The number of nitrogens with one attached hydrogen (secondary N) is 1. The molecule has 0 radical (unpaired) electrons. The lowest BCUT2D eigenvalue weighted by molar-refractivity contribution is 0.101. The first kappa shape index (κ1) is 13.7. The standard InChI is InChI=1S/C10H8Cl2N4O3/c1-18-4-5-2-6(16-19-5)9(17)14-8-3-7(11)13-10(12)15-8/h2-3H,4H2,1H3,(H,13,14,15,17). The third-order valence-corrected chi connectivity index (χ3v) is 2.35. The van der Waals surface area contributed by atoms with Crippen LogP contribution in [0.3, 0.4) is 0 Å². The lowest BCUT2D eigenvalue weighted by atomic mass is 10.3. The van der Waals surface area contributed by atoms with E-state index in [4.69, 9.17) is 32.5 Å². The Morgan fingerprint density at radius 3 is 2.89 bits per heavy atom. The minimum absolute atomic E-state index is 0.0666. The van der Waals surface area contributed by atoms with E-state index in [-0.39, 0.29) is 28.6 Å². The molecule has 1 N–H and O–H groups in total. The molecule has 2 heterocycles. The van der Waals surface area contributed by atoms with Gasteiger partial charge in [-0.15, -0.1) is 0 Å². The van der Waals surface area contributed by atoms with Crippen LogP contribution >= 0.6 is 23.2 Å². The normalized spacial score (nSPS) is 10.5. The predicted molar refractivity (Wildman–Crippen MR) is 67.2 cm³/mol. The fourth-order valence-electron chi connectivity index (χ4n) is 1.26. The lowest BCUT2D eigenvalue weighted by Gasteiger charge is -2.02. The van der Waals surface area contributed by atoms with E-state index >= 15 is 0 Å². The summed E-state index contributed by atoms with van der Waals surface area (Å²) < 4.78 is 9.74. The topological polar surface area (TPSA) is 90.1 Å². The maximum absolute atomic E-state index is 11.8. The Kier molecular flexibility index (Phi) is 4.31. The van der Waals surface area contributed by atoms with Crippen molar-refractivity contribution in [3.8, 4) is 0 Å². The van der Waals surface area contributed by atoms with Gasteiger partial charge in [-0.1, -0.05) is 16.8 Å². The smallest absolute Gasteiger partial charge is 0.279 e. The summed E-state index contributed by atoms with van der Waals surface area (Å²) in [6.45, 7) is 0.228. The zero-order valence-electron chi connectivity index (χ0n) is 9.68. The average Bonchev–Trinajstić information content (AvgIpc) is 2.76. The number of carbonyl (C=O) groups excluding carboxylic acids is 1. The molecule has 0 aliphatic heterocycles. The SMILES string of the molecule is COCc1cc(C(=O)Nc2cc(Cl)nc(Cl)n2)no1. The van der Waals surface area contributed by atoms with Crippen molar-refractivity contribution in [2.75, 3.05) is 12.4 Å². The second-order valence-electron chi connectivity index (χ2n) is 3.41. The fourth-order valence-corrected chi connectivity index (χ4v) is 1.67. The number of nitrogens with zero attached hydrogens (tertiary/aromatic N) is 3. The minimum Gasteiger partial charge on any atom is -0.377 e. The number of halogens is 2. The highest BCUT2D eigenvalue weighted by molar-refractivity contribution is 6.32. The van der Waals surface area contributed by atoms with Crippen LogP contribution in [0.4, 0.5) is 5.82 Å². The molecular formula is C10H8Cl2N4O3. The molecule has 0 unspecified atom stereocenters. The monoisotopic (exact) mass is 302 g/mol. The molecule has 0 aromatic carbocycles. The van der Waals surface area contributed by atoms with Crippen LogP contribution in [0.2, 0.25) is 10.4 Å². The third kappa shape index (κ3) is 3.63. The summed E-state index contributed by atoms with van der Waals surface area (Å²) >= 11 is 11.3. The number of carbonyl (C=O) groups is 1. The Balaban J connectivity index is 2.11. The van der Waals surface area contributed by atoms with Crippen LogP contribution in [0.1, 0.15) is 16.2 Å². The number of rotatable bonds is 4. The molecule has 2 aromatic heterocycles. The van der Waals surface area contributed by atoms with Crippen LogP contribution < -0.4 is 5.32 Å². The summed E-state index contributed by atoms with van der Waals surface area (Å²) in [5.74, 6) is 0.106. The van der Waals surface area contributed by atoms with Gasteiger partial charge >= 0.3 is 0 Å². The zero-order chi connectivity index (χ0) is 13.8. The van der Waals surface area contributed by atoms with Crippen LogP contribution in [0.15, 0.2) is 16.7 Å². The second kappa shape index (κ2) is 5.96. The van der Waals surface area contributed by atoms with Crippen molar-refractivity contribution in [1.29, 1.82) is 0 Å². The van der Waals surface area contributed by atoms with Crippen LogP contribution in [0.5, 0.6) is 0 Å². The van der Waals surface area contributed by atoms with Gasteiger partial charge in [-0.2, -0.15) is 0 Å². The number of methoxy groups -OCH3 is 1. The molecule has 0 saturated heterocycles. The summed E-state index contributed by atoms with van der Waals surface area (Å²) in [5.41, 5.74) is 0.0953. The van der Waals surface area contributed by atoms with Crippen LogP contribution in [-0.4, -0.2) is 28.1 Å². The summed E-state index contributed by atoms with van der Waals surface area (Å²) in [5, 5.41) is 6.13. The molecule has 9 heteroatoms. The molecule has 0 aliphatic rings. The van der Waals surface area contributed by atoms with Gasteiger partial charge in [0.15, 0.2) is 11.5 Å². The zero-order valence-corrected chi connectivity index (χ0v) is 11.2. The van der Waals surface area contributed by atoms with Gasteiger partial charge in [0.1, 0.15) is 17.6 Å². The molecule has 0 bridgehead atoms. The number of anilines is 1. The number of amides is 1. The lowest BCUT2D eigenvalue weighted by Crippen LogP contribution is -2.13. The minimum atomic E-state index is -0.503. The van der Waals surface area contributed by atoms with E-state index in [2.05, 4.69) is 20.4 Å². The Hall–Kier alpha value is -1.70. The van der Waals surface area contributed by atoms with Crippen molar-refractivity contribution in [3.05, 3.63) is 34.0 Å². The quantitative estimate of drug-likeness (QED) is 0.687. The molecule has 0 fully saturated rings. The fraction of sp³-hybridized carbons (Fsp3) is 0.200. The summed E-state index contributed by atoms with van der Waals surface area (Å²) in [7, 11) is 1.51. The number of hydrogen-bond acceptors (Lipinski definition) is 6. The highest BCUT2D eigenvalue weighted by Gasteiger charge is 2.14. The van der Waals surface area contributed by atoms with E-state index in [9.17, 15) is 4.79 Å². The average molecular weight is 303 g/mol. The van der Waals surface area contributed by atoms with Crippen LogP contribution in [0.25, 0.3) is 0 Å². The molecule has 0 aliphatic carbocycles. The Morgan fingerprint density at radius 1 is 1.42 bits per heavy atom. The molecule has 2 rings (SSSR count). The van der Waals surface area contributed by atoms with Crippen molar-refractivity contribution in [2.24, 2.45) is 0 Å². The Labute approximate surface area is 117 Å². The van der Waals surface area contributed by atoms with Crippen molar-refractivity contribution in [2.45, 2.75) is 6.61 Å². The molecule has 2 aromatic rings. The van der Waals surface area contributed by atoms with Crippen molar-refractivity contribution >= 4 is 34.9 Å². The van der Waals surface area contributed by atoms with E-state index < -0.39 is 5.91 Å². The van der Waals surface area contributed by atoms with E-state index in [1.807, 2.05) is 0 Å². The van der Waals surface area contributed by atoms with Gasteiger partial charge in [0, 0.05) is 19.2 Å². The maximum Gasteiger partial charge on any atom is 0.279 e. The first-order valence-electron chi connectivity index (χ1n) is 5.04. The van der Waals surface area contributed by atoms with Crippen molar-refractivity contribution in [1.82, 2.24) is 15.1 Å². The Bertz CT molecular complexity index is 582. The predicted octanol–water partition coefficient (Wildman–Crippen LogP) is 2.17. The van der Waals surface area contributed by atoms with Gasteiger partial charge in [0.05, 0.1) is 0 Å². The molecule has 7 nitrogen and oxygen atoms in total. The maximum atomic E-state index is 11.8. The molecule has 0 saturated carbocycles. The van der Waals surface area contributed by atoms with Gasteiger partial charge < -0.3 is 14.6 Å². The van der Waals surface area contributed by atoms with Crippen LogP contribution in [0, 0.1) is 0 Å². The van der Waals surface area contributed by atoms with Gasteiger partial charge in [-0.3, -0.25) is 4.79 Å². The van der Waals surface area contributed by atoms with E-state index in [1.54, 1.807) is 0 Å². The summed E-state index contributed by atoms with van der Waals surface area (Å²) in [6, 6.07) is 2.82. The molecule has 0 atom stereocenters. The van der Waals surface area contributed by atoms with Gasteiger partial charge in [-0.25, -0.2) is 9.97 Å². The second-order valence-corrected chi connectivity index (χ2v) is 4.14. The molecular weight excluding hydrogens is 295 g/mol. The molecule has 0 spiro atoms. The molecule has 100 valence electrons. The third-order valence-electron chi connectivity index (χ3n) is 1.99. The van der Waals surface area contributed by atoms with Gasteiger partial charge in [-0.05, 0) is 11.6 Å². The number of aromatic nitrogens is 3. The molecule has 19 heavy (non-hydrogen) atoms. The number of ether oxygens (including phenoxy) is 1. The molecule has 1 amide bonds. The Morgan fingerprint density at radius 2 is 2.21 bits per heavy atom. The van der Waals surface area contributed by atoms with E-state index in [0.29, 0.717) is 5.76 Å². The first-order chi connectivity index (χ1) is 9.08.